The number of rotatable bonds is 1. The van der Waals surface area contributed by atoms with Crippen molar-refractivity contribution in [2.24, 2.45) is 5.41 Å². The number of hydrogen-bond donors (Lipinski definition) is 0. The summed E-state index contributed by atoms with van der Waals surface area (Å²) in [6.07, 6.45) is 2.86. The van der Waals surface area contributed by atoms with Crippen LogP contribution in [0, 0.1) is 11.2 Å². The number of ketones is 2. The van der Waals surface area contributed by atoms with Gasteiger partial charge < -0.3 is 0 Å². The molecule has 0 saturated heterocycles. The summed E-state index contributed by atoms with van der Waals surface area (Å²) in [5.41, 5.74) is 0.364. The summed E-state index contributed by atoms with van der Waals surface area (Å²) in [7, 11) is 0. The summed E-state index contributed by atoms with van der Waals surface area (Å²) in [5, 5.41) is 0.118. The number of carbonyl (C=O) groups excluding carboxylic acids is 2. The lowest BCUT2D eigenvalue weighted by Crippen LogP contribution is -2.22. The van der Waals surface area contributed by atoms with Crippen LogP contribution in [-0.4, -0.2) is 11.6 Å². The Morgan fingerprint density at radius 1 is 1.10 bits per heavy atom. The van der Waals surface area contributed by atoms with Crippen molar-refractivity contribution >= 4 is 28.7 Å². The van der Waals surface area contributed by atoms with Crippen molar-refractivity contribution in [2.75, 3.05) is 0 Å². The van der Waals surface area contributed by atoms with Crippen molar-refractivity contribution in [1.82, 2.24) is 0 Å². The number of Topliss-reactive ketones (excluding diaryl/α,β-unsaturated/α-hetero) is 1. The number of hydrogen-bond acceptors (Lipinski definition) is 2. The van der Waals surface area contributed by atoms with Gasteiger partial charge in [-0.25, -0.2) is 4.39 Å². The zero-order valence-corrected chi connectivity index (χ0v) is 12.2. The minimum atomic E-state index is -0.731. The highest BCUT2D eigenvalue weighted by Crippen LogP contribution is 2.35. The van der Waals surface area contributed by atoms with Crippen LogP contribution in [0.15, 0.2) is 35.9 Å². The van der Waals surface area contributed by atoms with E-state index in [1.54, 1.807) is 6.08 Å². The van der Waals surface area contributed by atoms with Gasteiger partial charge in [0.15, 0.2) is 0 Å². The molecule has 0 aliphatic heterocycles. The van der Waals surface area contributed by atoms with E-state index in [0.717, 1.165) is 0 Å². The maximum absolute atomic E-state index is 14.0. The molecule has 0 spiro atoms. The summed E-state index contributed by atoms with van der Waals surface area (Å²) in [6, 6.07) is 4.17. The second-order valence-electron chi connectivity index (χ2n) is 5.70. The van der Waals surface area contributed by atoms with Gasteiger partial charge in [-0.05, 0) is 35.3 Å². The molecule has 2 rings (SSSR count). The Hall–Kier alpha value is -1.74. The van der Waals surface area contributed by atoms with Crippen molar-refractivity contribution in [3.05, 3.63) is 52.3 Å². The molecular formula is C16H14ClFO2. The second-order valence-corrected chi connectivity index (χ2v) is 6.10. The smallest absolute Gasteiger partial charge is 0.233 e. The predicted octanol–water partition coefficient (Wildman–Crippen LogP) is 3.99. The highest BCUT2D eigenvalue weighted by Gasteiger charge is 2.30. The van der Waals surface area contributed by atoms with Gasteiger partial charge in [0.1, 0.15) is 5.82 Å². The van der Waals surface area contributed by atoms with Gasteiger partial charge >= 0.3 is 0 Å². The van der Waals surface area contributed by atoms with Crippen LogP contribution in [0.25, 0.3) is 5.57 Å². The SMILES string of the molecule is CC(C)(C)C1=CC(=O)C(=O)C(c2c(F)cccc2Cl)=C1. The average molecular weight is 293 g/mol. The van der Waals surface area contributed by atoms with Crippen molar-refractivity contribution in [3.8, 4) is 0 Å². The summed E-state index contributed by atoms with van der Waals surface area (Å²) >= 11 is 5.97. The number of halogens is 2. The maximum atomic E-state index is 14.0. The van der Waals surface area contributed by atoms with E-state index >= 15 is 0 Å². The molecule has 0 bridgehead atoms. The minimum Gasteiger partial charge on any atom is -0.286 e. The molecule has 0 aromatic heterocycles. The Morgan fingerprint density at radius 2 is 1.75 bits per heavy atom. The first-order chi connectivity index (χ1) is 9.21. The molecule has 4 heteroatoms. The van der Waals surface area contributed by atoms with Crippen molar-refractivity contribution in [1.29, 1.82) is 0 Å². The summed E-state index contributed by atoms with van der Waals surface area (Å²) in [6.45, 7) is 5.75. The van der Waals surface area contributed by atoms with Crippen LogP contribution >= 0.6 is 11.6 Å². The third kappa shape index (κ3) is 2.59. The van der Waals surface area contributed by atoms with Gasteiger partial charge in [-0.2, -0.15) is 0 Å². The first-order valence-electron chi connectivity index (χ1n) is 6.18. The van der Waals surface area contributed by atoms with Gasteiger partial charge in [0, 0.05) is 11.1 Å². The highest BCUT2D eigenvalue weighted by atomic mass is 35.5. The largest absolute Gasteiger partial charge is 0.286 e. The third-order valence-corrected chi connectivity index (χ3v) is 3.47. The van der Waals surface area contributed by atoms with Crippen molar-refractivity contribution < 1.29 is 14.0 Å². The van der Waals surface area contributed by atoms with E-state index in [0.29, 0.717) is 5.57 Å². The third-order valence-electron chi connectivity index (χ3n) is 3.15. The first-order valence-corrected chi connectivity index (χ1v) is 6.56. The van der Waals surface area contributed by atoms with E-state index in [1.165, 1.54) is 24.3 Å². The lowest BCUT2D eigenvalue weighted by molar-refractivity contribution is -0.130. The van der Waals surface area contributed by atoms with Crippen LogP contribution in [0.4, 0.5) is 4.39 Å². The quantitative estimate of drug-likeness (QED) is 0.579. The van der Waals surface area contributed by atoms with E-state index in [4.69, 9.17) is 11.6 Å². The molecule has 20 heavy (non-hydrogen) atoms. The second kappa shape index (κ2) is 4.98. The van der Waals surface area contributed by atoms with Gasteiger partial charge in [0.2, 0.25) is 11.6 Å². The molecular weight excluding hydrogens is 279 g/mol. The fourth-order valence-corrected chi connectivity index (χ4v) is 2.24. The molecule has 1 aromatic rings. The van der Waals surface area contributed by atoms with Crippen LogP contribution in [0.1, 0.15) is 26.3 Å². The lowest BCUT2D eigenvalue weighted by Gasteiger charge is -2.24. The Morgan fingerprint density at radius 3 is 2.30 bits per heavy atom. The van der Waals surface area contributed by atoms with Gasteiger partial charge in [-0.15, -0.1) is 0 Å². The topological polar surface area (TPSA) is 34.1 Å². The summed E-state index contributed by atoms with van der Waals surface area (Å²) < 4.78 is 14.0. The Bertz CT molecular complexity index is 643. The molecule has 1 aromatic carbocycles. The van der Waals surface area contributed by atoms with Gasteiger partial charge in [-0.1, -0.05) is 38.4 Å². The van der Waals surface area contributed by atoms with Crippen molar-refractivity contribution in [2.45, 2.75) is 20.8 Å². The molecule has 104 valence electrons. The monoisotopic (exact) mass is 292 g/mol. The van der Waals surface area contributed by atoms with Crippen LogP contribution in [0.5, 0.6) is 0 Å². The summed E-state index contributed by atoms with van der Waals surface area (Å²) in [5.74, 6) is -1.99. The Labute approximate surface area is 121 Å². The van der Waals surface area contributed by atoms with Gasteiger partial charge in [0.25, 0.3) is 0 Å². The zero-order chi connectivity index (χ0) is 15.1. The van der Waals surface area contributed by atoms with E-state index in [1.807, 2.05) is 20.8 Å². The molecule has 0 N–H and O–H groups in total. The molecule has 1 aliphatic rings. The average Bonchev–Trinajstić information content (AvgIpc) is 2.32. The van der Waals surface area contributed by atoms with E-state index < -0.39 is 17.4 Å². The molecule has 0 unspecified atom stereocenters. The minimum absolute atomic E-state index is 0.0117. The van der Waals surface area contributed by atoms with E-state index in [2.05, 4.69) is 0 Å². The van der Waals surface area contributed by atoms with Gasteiger partial charge in [0.05, 0.1) is 5.02 Å². The predicted molar refractivity (Wildman–Crippen MR) is 76.9 cm³/mol. The lowest BCUT2D eigenvalue weighted by atomic mass is 9.80. The standard InChI is InChI=1S/C16H14ClFO2/c1-16(2,3)9-7-10(15(20)13(19)8-9)14-11(17)5-4-6-12(14)18/h4-8H,1-3H3. The number of benzene rings is 1. The van der Waals surface area contributed by atoms with E-state index in [-0.39, 0.29) is 21.6 Å². The molecule has 1 aliphatic carbocycles. The van der Waals surface area contributed by atoms with E-state index in [9.17, 15) is 14.0 Å². The van der Waals surface area contributed by atoms with Crippen LogP contribution < -0.4 is 0 Å². The summed E-state index contributed by atoms with van der Waals surface area (Å²) in [4.78, 5) is 23.8. The number of carbonyl (C=O) groups is 2. The van der Waals surface area contributed by atoms with Crippen LogP contribution in [0.3, 0.4) is 0 Å². The molecule has 0 saturated carbocycles. The molecule has 0 atom stereocenters. The molecule has 0 fully saturated rings. The molecule has 0 amide bonds. The Kier molecular flexibility index (Phi) is 3.65. The van der Waals surface area contributed by atoms with Crippen LogP contribution in [-0.2, 0) is 9.59 Å². The highest BCUT2D eigenvalue weighted by molar-refractivity contribution is 6.58. The molecule has 0 radical (unpaired) electrons. The molecule has 0 heterocycles. The fourth-order valence-electron chi connectivity index (χ4n) is 1.98. The Balaban J connectivity index is 2.66. The number of allylic oxidation sites excluding steroid dienone is 4. The van der Waals surface area contributed by atoms with Crippen molar-refractivity contribution in [3.63, 3.8) is 0 Å². The zero-order valence-electron chi connectivity index (χ0n) is 11.5. The maximum Gasteiger partial charge on any atom is 0.233 e. The fraction of sp³-hybridized carbons (Fsp3) is 0.250. The van der Waals surface area contributed by atoms with Crippen LogP contribution in [0.2, 0.25) is 5.02 Å². The van der Waals surface area contributed by atoms with Gasteiger partial charge in [-0.3, -0.25) is 9.59 Å². The molecule has 2 nitrogen and oxygen atoms in total. The normalized spacial score (nSPS) is 16.1. The first kappa shape index (κ1) is 14.7.